The lowest BCUT2D eigenvalue weighted by Gasteiger charge is -2.28. The van der Waals surface area contributed by atoms with Crippen molar-refractivity contribution in [1.29, 1.82) is 0 Å². The number of hydrazine groups is 1. The number of hydrogen-bond acceptors (Lipinski definition) is 6. The summed E-state index contributed by atoms with van der Waals surface area (Å²) in [5, 5.41) is 5.51. The number of nitrogens with zero attached hydrogens (tertiary/aromatic N) is 3. The molecule has 20 heavy (non-hydrogen) atoms. The quantitative estimate of drug-likeness (QED) is 0.855. The first-order valence-electron chi connectivity index (χ1n) is 7.49. The van der Waals surface area contributed by atoms with Crippen LogP contribution in [-0.4, -0.2) is 47.8 Å². The van der Waals surface area contributed by atoms with Crippen molar-refractivity contribution in [1.82, 2.24) is 15.0 Å². The van der Waals surface area contributed by atoms with Gasteiger partial charge in [0.05, 0.1) is 13.2 Å². The summed E-state index contributed by atoms with van der Waals surface area (Å²) >= 11 is 0. The number of morpholine rings is 1. The fourth-order valence-electron chi connectivity index (χ4n) is 2.33. The summed E-state index contributed by atoms with van der Waals surface area (Å²) in [4.78, 5) is 9.40. The number of rotatable bonds is 5. The maximum Gasteiger partial charge on any atom is 0.149 e. The van der Waals surface area contributed by atoms with E-state index < -0.39 is 0 Å². The second-order valence-electron chi connectivity index (χ2n) is 5.42. The van der Waals surface area contributed by atoms with Gasteiger partial charge in [-0.1, -0.05) is 0 Å². The van der Waals surface area contributed by atoms with Gasteiger partial charge in [0, 0.05) is 31.1 Å². The van der Waals surface area contributed by atoms with E-state index in [4.69, 9.17) is 9.72 Å². The molecule has 6 heteroatoms. The molecule has 1 aromatic heterocycles. The average molecular weight is 277 g/mol. The molecule has 3 rings (SSSR count). The fraction of sp³-hybridized carbons (Fsp3) is 0.714. The molecule has 2 N–H and O–H groups in total. The normalized spacial score (nSPS) is 19.9. The van der Waals surface area contributed by atoms with Gasteiger partial charge < -0.3 is 15.5 Å². The van der Waals surface area contributed by atoms with Gasteiger partial charge in [0.25, 0.3) is 0 Å². The molecule has 2 heterocycles. The van der Waals surface area contributed by atoms with E-state index in [2.05, 4.69) is 34.6 Å². The van der Waals surface area contributed by atoms with E-state index in [9.17, 15) is 0 Å². The zero-order valence-electron chi connectivity index (χ0n) is 12.3. The lowest BCUT2D eigenvalue weighted by Crippen LogP contribution is -2.40. The van der Waals surface area contributed by atoms with Crippen LogP contribution in [0.3, 0.4) is 0 Å². The Morgan fingerprint density at radius 1 is 1.20 bits per heavy atom. The summed E-state index contributed by atoms with van der Waals surface area (Å²) in [6.45, 7) is 8.35. The van der Waals surface area contributed by atoms with E-state index >= 15 is 0 Å². The molecule has 2 aliphatic rings. The maximum absolute atomic E-state index is 5.38. The molecule has 1 saturated carbocycles. The Kier molecular flexibility index (Phi) is 4.03. The summed E-state index contributed by atoms with van der Waals surface area (Å²) in [5.74, 6) is 3.42. The van der Waals surface area contributed by atoms with E-state index in [0.29, 0.717) is 5.92 Å². The third-order valence-corrected chi connectivity index (χ3v) is 3.72. The van der Waals surface area contributed by atoms with E-state index in [-0.39, 0.29) is 0 Å². The van der Waals surface area contributed by atoms with Crippen LogP contribution in [-0.2, 0) is 4.74 Å². The molecule has 110 valence electrons. The predicted octanol–water partition coefficient (Wildman–Crippen LogP) is 1.75. The van der Waals surface area contributed by atoms with Crippen LogP contribution >= 0.6 is 0 Å². The lowest BCUT2D eigenvalue weighted by molar-refractivity contribution is 0.0494. The second-order valence-corrected chi connectivity index (χ2v) is 5.42. The number of ether oxygens (including phenoxy) is 1. The zero-order valence-corrected chi connectivity index (χ0v) is 12.3. The molecule has 0 unspecified atom stereocenters. The summed E-state index contributed by atoms with van der Waals surface area (Å²) in [6, 6.07) is 0. The zero-order chi connectivity index (χ0) is 13.9. The molecule has 1 aliphatic heterocycles. The average Bonchev–Trinajstić information content (AvgIpc) is 3.29. The van der Waals surface area contributed by atoms with Gasteiger partial charge >= 0.3 is 0 Å². The van der Waals surface area contributed by atoms with Crippen molar-refractivity contribution < 1.29 is 4.74 Å². The Balaban J connectivity index is 1.82. The molecule has 0 bridgehead atoms. The van der Waals surface area contributed by atoms with Crippen LogP contribution in [0.5, 0.6) is 0 Å². The van der Waals surface area contributed by atoms with Gasteiger partial charge in [-0.15, -0.1) is 0 Å². The van der Waals surface area contributed by atoms with Gasteiger partial charge in [-0.05, 0) is 26.7 Å². The van der Waals surface area contributed by atoms with E-state index in [1.54, 1.807) is 0 Å². The highest BCUT2D eigenvalue weighted by atomic mass is 16.5. The molecule has 0 spiro atoms. The molecule has 1 saturated heterocycles. The van der Waals surface area contributed by atoms with Crippen LogP contribution in [0.25, 0.3) is 0 Å². The van der Waals surface area contributed by atoms with Crippen molar-refractivity contribution in [3.8, 4) is 0 Å². The predicted molar refractivity (Wildman–Crippen MR) is 78.9 cm³/mol. The Morgan fingerprint density at radius 3 is 2.55 bits per heavy atom. The molecule has 0 aromatic carbocycles. The Labute approximate surface area is 119 Å². The van der Waals surface area contributed by atoms with Gasteiger partial charge in [0.2, 0.25) is 0 Å². The third kappa shape index (κ3) is 3.02. The number of nitrogens with one attached hydrogen (secondary N) is 2. The van der Waals surface area contributed by atoms with E-state index in [0.717, 1.165) is 55.9 Å². The van der Waals surface area contributed by atoms with Crippen molar-refractivity contribution in [2.24, 2.45) is 0 Å². The Bertz CT molecular complexity index is 469. The molecule has 0 amide bonds. The fourth-order valence-corrected chi connectivity index (χ4v) is 2.33. The lowest BCUT2D eigenvalue weighted by atomic mass is 10.3. The number of hydrogen-bond donors (Lipinski definition) is 2. The van der Waals surface area contributed by atoms with Crippen molar-refractivity contribution in [2.45, 2.75) is 32.6 Å². The van der Waals surface area contributed by atoms with Crippen molar-refractivity contribution in [3.63, 3.8) is 0 Å². The highest BCUT2D eigenvalue weighted by Crippen LogP contribution is 2.39. The maximum atomic E-state index is 5.38. The molecule has 0 radical (unpaired) electrons. The minimum atomic E-state index is 0.554. The summed E-state index contributed by atoms with van der Waals surface area (Å²) < 4.78 is 5.38. The van der Waals surface area contributed by atoms with Crippen molar-refractivity contribution in [3.05, 3.63) is 11.4 Å². The number of anilines is 2. The Hall–Kier alpha value is -1.40. The molecular weight excluding hydrogens is 254 g/mol. The summed E-state index contributed by atoms with van der Waals surface area (Å²) in [5.41, 5.74) is 4.52. The molecule has 0 atom stereocenters. The molecule has 2 fully saturated rings. The van der Waals surface area contributed by atoms with Gasteiger partial charge in [0.15, 0.2) is 0 Å². The topological polar surface area (TPSA) is 62.3 Å². The molecule has 6 nitrogen and oxygen atoms in total. The van der Waals surface area contributed by atoms with Crippen molar-refractivity contribution >= 4 is 11.6 Å². The van der Waals surface area contributed by atoms with Crippen LogP contribution in [0.2, 0.25) is 0 Å². The first-order chi connectivity index (χ1) is 9.78. The van der Waals surface area contributed by atoms with Crippen LogP contribution in [0.4, 0.5) is 11.6 Å². The van der Waals surface area contributed by atoms with E-state index in [1.165, 1.54) is 12.8 Å². The van der Waals surface area contributed by atoms with Crippen LogP contribution < -0.4 is 10.7 Å². The highest BCUT2D eigenvalue weighted by molar-refractivity contribution is 5.57. The standard InChI is InChI=1S/C14H23N5O/c1-3-15-12-10(2)13(17-14(16-12)11-4-5-11)18-19-6-8-20-9-7-19/h11H,3-9H2,1-2H3,(H2,15,16,17,18). The third-order valence-electron chi connectivity index (χ3n) is 3.72. The second kappa shape index (κ2) is 5.93. The molecule has 1 aliphatic carbocycles. The van der Waals surface area contributed by atoms with Crippen LogP contribution in [0, 0.1) is 6.92 Å². The van der Waals surface area contributed by atoms with Gasteiger partial charge in [-0.25, -0.2) is 15.0 Å². The van der Waals surface area contributed by atoms with Gasteiger partial charge in [-0.2, -0.15) is 0 Å². The minimum Gasteiger partial charge on any atom is -0.379 e. The van der Waals surface area contributed by atoms with E-state index in [1.807, 2.05) is 0 Å². The minimum absolute atomic E-state index is 0.554. The van der Waals surface area contributed by atoms with Crippen molar-refractivity contribution in [2.75, 3.05) is 43.6 Å². The largest absolute Gasteiger partial charge is 0.379 e. The first-order valence-corrected chi connectivity index (χ1v) is 7.49. The monoisotopic (exact) mass is 277 g/mol. The Morgan fingerprint density at radius 2 is 1.90 bits per heavy atom. The molecule has 1 aromatic rings. The highest BCUT2D eigenvalue weighted by Gasteiger charge is 2.28. The summed E-state index contributed by atoms with van der Waals surface area (Å²) in [6.07, 6.45) is 2.43. The van der Waals surface area contributed by atoms with Crippen LogP contribution in [0.1, 0.15) is 37.1 Å². The summed E-state index contributed by atoms with van der Waals surface area (Å²) in [7, 11) is 0. The smallest absolute Gasteiger partial charge is 0.149 e. The first kappa shape index (κ1) is 13.6. The van der Waals surface area contributed by atoms with Gasteiger partial charge in [-0.3, -0.25) is 0 Å². The van der Waals surface area contributed by atoms with Gasteiger partial charge in [0.1, 0.15) is 17.5 Å². The number of aromatic nitrogens is 2. The molecular formula is C14H23N5O. The SMILES string of the molecule is CCNc1nc(C2CC2)nc(NN2CCOCC2)c1C. The van der Waals surface area contributed by atoms with Crippen LogP contribution in [0.15, 0.2) is 0 Å².